The molecule has 4 rings (SSSR count). The lowest BCUT2D eigenvalue weighted by Gasteiger charge is -2.01. The van der Waals surface area contributed by atoms with Crippen LogP contribution in [0.15, 0.2) is 30.3 Å². The molecule has 0 aromatic carbocycles. The molecule has 0 aliphatic carbocycles. The van der Waals surface area contributed by atoms with Crippen LogP contribution in [0.25, 0.3) is 21.5 Å². The van der Waals surface area contributed by atoms with Crippen LogP contribution in [0.5, 0.6) is 0 Å². The lowest BCUT2D eigenvalue weighted by Crippen LogP contribution is -2.19. The lowest BCUT2D eigenvalue weighted by atomic mass is 10.2. The summed E-state index contributed by atoms with van der Waals surface area (Å²) in [5.41, 5.74) is 3.74. The zero-order chi connectivity index (χ0) is 17.4. The van der Waals surface area contributed by atoms with E-state index >= 15 is 0 Å². The topological polar surface area (TPSA) is 103 Å². The predicted octanol–water partition coefficient (Wildman–Crippen LogP) is 1.63. The van der Waals surface area contributed by atoms with Crippen molar-refractivity contribution in [1.82, 2.24) is 34.7 Å². The number of anilines is 1. The van der Waals surface area contributed by atoms with Crippen LogP contribution in [-0.2, 0) is 18.4 Å². The van der Waals surface area contributed by atoms with Crippen molar-refractivity contribution in [2.75, 3.05) is 5.32 Å². The fourth-order valence-electron chi connectivity index (χ4n) is 2.48. The number of nitrogens with one attached hydrogen (secondary N) is 1. The molecule has 126 valence electrons. The van der Waals surface area contributed by atoms with Gasteiger partial charge in [0.15, 0.2) is 5.82 Å². The normalized spacial score (nSPS) is 11.1. The van der Waals surface area contributed by atoms with E-state index in [1.807, 2.05) is 6.92 Å². The molecule has 0 saturated heterocycles. The molecule has 0 atom stereocenters. The van der Waals surface area contributed by atoms with E-state index in [1.165, 1.54) is 11.0 Å². The molecular weight excluding hydrogens is 340 g/mol. The number of thiophene rings is 1. The van der Waals surface area contributed by atoms with E-state index in [0.29, 0.717) is 5.82 Å². The Labute approximate surface area is 146 Å². The standard InChI is InChI=1S/C15H14N8OS/c1-9-7-25-15-13(9)16-8-17-14(15)10-3-19-23(5-10)6-12(24)20-11-4-18-22(2)21-11/h3-5,7-8H,6H2,1-2H3,(H,20,21,24). The van der Waals surface area contributed by atoms with Gasteiger partial charge in [-0.1, -0.05) is 0 Å². The summed E-state index contributed by atoms with van der Waals surface area (Å²) in [6.45, 7) is 2.10. The van der Waals surface area contributed by atoms with Gasteiger partial charge in [0.25, 0.3) is 0 Å². The van der Waals surface area contributed by atoms with Gasteiger partial charge in [-0.25, -0.2) is 9.97 Å². The Bertz CT molecular complexity index is 1060. The molecule has 25 heavy (non-hydrogen) atoms. The van der Waals surface area contributed by atoms with Crippen LogP contribution in [0.2, 0.25) is 0 Å². The maximum Gasteiger partial charge on any atom is 0.247 e. The highest BCUT2D eigenvalue weighted by Gasteiger charge is 2.13. The third-order valence-corrected chi connectivity index (χ3v) is 4.70. The van der Waals surface area contributed by atoms with Gasteiger partial charge in [0.2, 0.25) is 5.91 Å². The van der Waals surface area contributed by atoms with Crippen LogP contribution in [0.3, 0.4) is 0 Å². The Kier molecular flexibility index (Phi) is 3.73. The zero-order valence-corrected chi connectivity index (χ0v) is 14.4. The first-order valence-electron chi connectivity index (χ1n) is 7.48. The number of aromatic nitrogens is 7. The van der Waals surface area contributed by atoms with Crippen molar-refractivity contribution < 1.29 is 4.79 Å². The number of rotatable bonds is 4. The van der Waals surface area contributed by atoms with E-state index in [4.69, 9.17) is 0 Å². The van der Waals surface area contributed by atoms with Gasteiger partial charge in [-0.2, -0.15) is 15.0 Å². The van der Waals surface area contributed by atoms with Gasteiger partial charge in [0, 0.05) is 18.8 Å². The van der Waals surface area contributed by atoms with Gasteiger partial charge in [-0.05, 0) is 17.9 Å². The van der Waals surface area contributed by atoms with E-state index in [9.17, 15) is 4.79 Å². The van der Waals surface area contributed by atoms with Gasteiger partial charge in [-0.15, -0.1) is 16.4 Å². The molecule has 10 heteroatoms. The van der Waals surface area contributed by atoms with E-state index in [-0.39, 0.29) is 12.5 Å². The van der Waals surface area contributed by atoms with E-state index in [0.717, 1.165) is 27.0 Å². The molecule has 0 radical (unpaired) electrons. The Balaban J connectivity index is 1.54. The second kappa shape index (κ2) is 6.06. The van der Waals surface area contributed by atoms with Crippen molar-refractivity contribution in [1.29, 1.82) is 0 Å². The van der Waals surface area contributed by atoms with E-state index in [2.05, 4.69) is 36.0 Å². The third kappa shape index (κ3) is 2.98. The van der Waals surface area contributed by atoms with Crippen molar-refractivity contribution in [3.63, 3.8) is 0 Å². The molecule has 4 aromatic heterocycles. The first-order valence-corrected chi connectivity index (χ1v) is 8.36. The summed E-state index contributed by atoms with van der Waals surface area (Å²) in [5, 5.41) is 16.9. The average molecular weight is 354 g/mol. The maximum atomic E-state index is 12.1. The first kappa shape index (κ1) is 15.4. The van der Waals surface area contributed by atoms with Gasteiger partial charge < -0.3 is 5.32 Å². The number of amides is 1. The highest BCUT2D eigenvalue weighted by molar-refractivity contribution is 7.17. The van der Waals surface area contributed by atoms with Crippen LogP contribution in [0, 0.1) is 6.92 Å². The van der Waals surface area contributed by atoms with Crippen LogP contribution in [0.1, 0.15) is 5.56 Å². The fourth-order valence-corrected chi connectivity index (χ4v) is 3.49. The van der Waals surface area contributed by atoms with Crippen LogP contribution in [-0.4, -0.2) is 40.6 Å². The molecule has 1 N–H and O–H groups in total. The molecule has 0 fully saturated rings. The van der Waals surface area contributed by atoms with Crippen molar-refractivity contribution in [3.05, 3.63) is 35.9 Å². The summed E-state index contributed by atoms with van der Waals surface area (Å²) in [7, 11) is 1.68. The summed E-state index contributed by atoms with van der Waals surface area (Å²) in [6.07, 6.45) is 6.54. The van der Waals surface area contributed by atoms with Crippen molar-refractivity contribution in [3.8, 4) is 11.3 Å². The van der Waals surface area contributed by atoms with Gasteiger partial charge in [0.1, 0.15) is 12.9 Å². The number of fused-ring (bicyclic) bond motifs is 1. The molecule has 0 spiro atoms. The summed E-state index contributed by atoms with van der Waals surface area (Å²) in [5.74, 6) is 0.182. The minimum Gasteiger partial charge on any atom is -0.306 e. The predicted molar refractivity (Wildman–Crippen MR) is 93.0 cm³/mol. The second-order valence-corrected chi connectivity index (χ2v) is 6.39. The molecule has 0 unspecified atom stereocenters. The highest BCUT2D eigenvalue weighted by Crippen LogP contribution is 2.31. The Morgan fingerprint density at radius 2 is 2.16 bits per heavy atom. The minimum atomic E-state index is -0.227. The largest absolute Gasteiger partial charge is 0.306 e. The van der Waals surface area contributed by atoms with E-state index in [1.54, 1.807) is 41.8 Å². The van der Waals surface area contributed by atoms with Gasteiger partial charge in [0.05, 0.1) is 28.3 Å². The SMILES string of the molecule is Cc1csc2c(-c3cnn(CC(=O)Nc4cnn(C)n4)c3)ncnc12. The second-order valence-electron chi connectivity index (χ2n) is 5.51. The number of hydrogen-bond acceptors (Lipinski definition) is 7. The van der Waals surface area contributed by atoms with Crippen molar-refractivity contribution in [2.24, 2.45) is 7.05 Å². The lowest BCUT2D eigenvalue weighted by molar-refractivity contribution is -0.116. The Morgan fingerprint density at radius 3 is 2.96 bits per heavy atom. The Hall–Kier alpha value is -3.14. The van der Waals surface area contributed by atoms with Crippen LogP contribution in [0.4, 0.5) is 5.82 Å². The monoisotopic (exact) mass is 354 g/mol. The minimum absolute atomic E-state index is 0.0776. The Morgan fingerprint density at radius 1 is 1.28 bits per heavy atom. The van der Waals surface area contributed by atoms with Crippen LogP contribution < -0.4 is 5.32 Å². The molecule has 4 heterocycles. The number of hydrogen-bond donors (Lipinski definition) is 1. The summed E-state index contributed by atoms with van der Waals surface area (Å²) in [6, 6.07) is 0. The molecule has 9 nitrogen and oxygen atoms in total. The van der Waals surface area contributed by atoms with Gasteiger partial charge >= 0.3 is 0 Å². The maximum absolute atomic E-state index is 12.1. The fraction of sp³-hybridized carbons (Fsp3) is 0.200. The number of nitrogens with zero attached hydrogens (tertiary/aromatic N) is 7. The molecule has 0 saturated carbocycles. The molecule has 0 aliphatic rings. The zero-order valence-electron chi connectivity index (χ0n) is 13.5. The third-order valence-electron chi connectivity index (χ3n) is 3.61. The number of carbonyl (C=O) groups is 1. The molecule has 0 aliphatic heterocycles. The van der Waals surface area contributed by atoms with E-state index < -0.39 is 0 Å². The molecule has 4 aromatic rings. The summed E-state index contributed by atoms with van der Waals surface area (Å²) in [4.78, 5) is 22.2. The number of carbonyl (C=O) groups excluding carboxylic acids is 1. The molecule has 1 amide bonds. The molecule has 0 bridgehead atoms. The summed E-state index contributed by atoms with van der Waals surface area (Å²) < 4.78 is 2.58. The number of aryl methyl sites for hydroxylation is 2. The van der Waals surface area contributed by atoms with Crippen molar-refractivity contribution in [2.45, 2.75) is 13.5 Å². The quantitative estimate of drug-likeness (QED) is 0.597. The van der Waals surface area contributed by atoms with Gasteiger partial charge in [-0.3, -0.25) is 9.48 Å². The average Bonchev–Trinajstić information content (AvgIpc) is 3.29. The molecular formula is C15H14N8OS. The smallest absolute Gasteiger partial charge is 0.247 e. The highest BCUT2D eigenvalue weighted by atomic mass is 32.1. The first-order chi connectivity index (χ1) is 12.1. The summed E-state index contributed by atoms with van der Waals surface area (Å²) >= 11 is 1.60. The van der Waals surface area contributed by atoms with Crippen LogP contribution >= 0.6 is 11.3 Å². The van der Waals surface area contributed by atoms with Crippen molar-refractivity contribution >= 4 is 33.3 Å².